The zero-order valence-corrected chi connectivity index (χ0v) is 11.5. The van der Waals surface area contributed by atoms with Crippen LogP contribution in [0.1, 0.15) is 25.7 Å². The van der Waals surface area contributed by atoms with Crippen LogP contribution in [0.25, 0.3) is 0 Å². The van der Waals surface area contributed by atoms with Crippen LogP contribution in [0.4, 0.5) is 0 Å². The van der Waals surface area contributed by atoms with E-state index in [2.05, 4.69) is 18.2 Å². The number of ether oxygens (including phenoxy) is 1. The molecule has 2 atom stereocenters. The highest BCUT2D eigenvalue weighted by molar-refractivity contribution is 7.98. The molecule has 2 N–H and O–H groups in total. The van der Waals surface area contributed by atoms with Gasteiger partial charge in [-0.15, -0.1) is 0 Å². The Morgan fingerprint density at radius 3 is 2.94 bits per heavy atom. The molecule has 0 spiro atoms. The SMILES string of the molecule is CSCCCC(CN)N(C)CC1CCCO1. The third-order valence-electron chi connectivity index (χ3n) is 3.30. The van der Waals surface area contributed by atoms with E-state index < -0.39 is 0 Å². The van der Waals surface area contributed by atoms with Gasteiger partial charge in [-0.1, -0.05) is 0 Å². The van der Waals surface area contributed by atoms with Crippen molar-refractivity contribution in [3.63, 3.8) is 0 Å². The average molecular weight is 246 g/mol. The van der Waals surface area contributed by atoms with Crippen molar-refractivity contribution >= 4 is 11.8 Å². The number of hydrogen-bond acceptors (Lipinski definition) is 4. The van der Waals surface area contributed by atoms with Crippen molar-refractivity contribution in [2.45, 2.75) is 37.8 Å². The summed E-state index contributed by atoms with van der Waals surface area (Å²) in [5.41, 5.74) is 5.84. The molecule has 1 saturated heterocycles. The molecule has 0 amide bonds. The van der Waals surface area contributed by atoms with Crippen LogP contribution in [0.3, 0.4) is 0 Å². The molecule has 1 aliphatic heterocycles. The highest BCUT2D eigenvalue weighted by atomic mass is 32.2. The normalized spacial score (nSPS) is 22.9. The van der Waals surface area contributed by atoms with Crippen molar-refractivity contribution in [3.8, 4) is 0 Å². The summed E-state index contributed by atoms with van der Waals surface area (Å²) in [5, 5.41) is 0. The molecule has 1 heterocycles. The second-order valence-electron chi connectivity index (χ2n) is 4.60. The summed E-state index contributed by atoms with van der Waals surface area (Å²) in [4.78, 5) is 2.39. The molecule has 0 radical (unpaired) electrons. The first kappa shape index (κ1) is 14.3. The van der Waals surface area contributed by atoms with Crippen molar-refractivity contribution in [3.05, 3.63) is 0 Å². The smallest absolute Gasteiger partial charge is 0.0702 e. The summed E-state index contributed by atoms with van der Waals surface area (Å²) in [6, 6.07) is 0.524. The fourth-order valence-corrected chi connectivity index (χ4v) is 2.70. The van der Waals surface area contributed by atoms with E-state index >= 15 is 0 Å². The van der Waals surface area contributed by atoms with Crippen molar-refractivity contribution in [2.75, 3.05) is 38.8 Å². The van der Waals surface area contributed by atoms with E-state index in [9.17, 15) is 0 Å². The molecule has 96 valence electrons. The summed E-state index contributed by atoms with van der Waals surface area (Å²) in [5.74, 6) is 1.24. The van der Waals surface area contributed by atoms with Crippen LogP contribution in [-0.2, 0) is 4.74 Å². The lowest BCUT2D eigenvalue weighted by Crippen LogP contribution is -2.41. The standard InChI is InChI=1S/C12H26N2OS/c1-14(10-12-6-3-7-15-12)11(9-13)5-4-8-16-2/h11-12H,3-10,13H2,1-2H3. The maximum Gasteiger partial charge on any atom is 0.0702 e. The fourth-order valence-electron chi connectivity index (χ4n) is 2.24. The third-order valence-corrected chi connectivity index (χ3v) is 3.99. The zero-order chi connectivity index (χ0) is 11.8. The fraction of sp³-hybridized carbons (Fsp3) is 1.00. The van der Waals surface area contributed by atoms with Crippen LogP contribution < -0.4 is 5.73 Å². The van der Waals surface area contributed by atoms with Gasteiger partial charge < -0.3 is 10.5 Å². The lowest BCUT2D eigenvalue weighted by molar-refractivity contribution is 0.0676. The van der Waals surface area contributed by atoms with E-state index in [0.717, 1.165) is 19.7 Å². The third kappa shape index (κ3) is 5.04. The van der Waals surface area contributed by atoms with Crippen LogP contribution in [0.2, 0.25) is 0 Å². The highest BCUT2D eigenvalue weighted by Gasteiger charge is 2.20. The number of likely N-dealkylation sites (N-methyl/N-ethyl adjacent to an activating group) is 1. The maximum absolute atomic E-state index is 5.84. The van der Waals surface area contributed by atoms with Gasteiger partial charge in [0.25, 0.3) is 0 Å². The van der Waals surface area contributed by atoms with Crippen LogP contribution in [0.5, 0.6) is 0 Å². The maximum atomic E-state index is 5.84. The predicted molar refractivity (Wildman–Crippen MR) is 72.1 cm³/mol. The monoisotopic (exact) mass is 246 g/mol. The zero-order valence-electron chi connectivity index (χ0n) is 10.7. The van der Waals surface area contributed by atoms with Crippen LogP contribution in [-0.4, -0.2) is 55.8 Å². The molecule has 0 aromatic heterocycles. The first-order chi connectivity index (χ1) is 7.77. The van der Waals surface area contributed by atoms with Gasteiger partial charge in [0.2, 0.25) is 0 Å². The molecular formula is C12H26N2OS. The van der Waals surface area contributed by atoms with E-state index in [1.54, 1.807) is 0 Å². The van der Waals surface area contributed by atoms with Gasteiger partial charge in [-0.05, 0) is 44.7 Å². The van der Waals surface area contributed by atoms with Gasteiger partial charge in [0.1, 0.15) is 0 Å². The van der Waals surface area contributed by atoms with Crippen molar-refractivity contribution in [1.82, 2.24) is 4.90 Å². The summed E-state index contributed by atoms with van der Waals surface area (Å²) in [6.45, 7) is 2.75. The molecule has 0 aromatic rings. The van der Waals surface area contributed by atoms with Gasteiger partial charge in [0, 0.05) is 25.7 Å². The summed E-state index contributed by atoms with van der Waals surface area (Å²) >= 11 is 1.91. The van der Waals surface area contributed by atoms with Gasteiger partial charge >= 0.3 is 0 Å². The molecule has 0 saturated carbocycles. The Labute approximate surface area is 104 Å². The molecule has 1 rings (SSSR count). The molecule has 1 fully saturated rings. The summed E-state index contributed by atoms with van der Waals surface area (Å²) in [7, 11) is 2.18. The second kappa shape index (κ2) is 8.34. The first-order valence-corrected chi connectivity index (χ1v) is 7.68. The molecular weight excluding hydrogens is 220 g/mol. The quantitative estimate of drug-likeness (QED) is 0.660. The number of rotatable bonds is 8. The Morgan fingerprint density at radius 1 is 1.56 bits per heavy atom. The van der Waals surface area contributed by atoms with E-state index in [1.807, 2.05) is 11.8 Å². The molecule has 1 aliphatic rings. The minimum absolute atomic E-state index is 0.444. The summed E-state index contributed by atoms with van der Waals surface area (Å²) in [6.07, 6.45) is 7.51. The van der Waals surface area contributed by atoms with E-state index in [4.69, 9.17) is 10.5 Å². The van der Waals surface area contributed by atoms with E-state index in [1.165, 1.54) is 31.4 Å². The second-order valence-corrected chi connectivity index (χ2v) is 5.58. The molecule has 0 aliphatic carbocycles. The minimum atomic E-state index is 0.444. The van der Waals surface area contributed by atoms with Gasteiger partial charge in [0.05, 0.1) is 6.10 Å². The minimum Gasteiger partial charge on any atom is -0.377 e. The van der Waals surface area contributed by atoms with Gasteiger partial charge in [-0.2, -0.15) is 11.8 Å². The van der Waals surface area contributed by atoms with Crippen molar-refractivity contribution in [1.29, 1.82) is 0 Å². The lowest BCUT2D eigenvalue weighted by atomic mass is 10.1. The lowest BCUT2D eigenvalue weighted by Gasteiger charge is -2.29. The Hall–Kier alpha value is 0.230. The number of nitrogens with zero attached hydrogens (tertiary/aromatic N) is 1. The topological polar surface area (TPSA) is 38.5 Å². The highest BCUT2D eigenvalue weighted by Crippen LogP contribution is 2.15. The molecule has 2 unspecified atom stereocenters. The molecule has 0 aromatic carbocycles. The first-order valence-electron chi connectivity index (χ1n) is 6.28. The van der Waals surface area contributed by atoms with Gasteiger partial charge in [-0.3, -0.25) is 4.90 Å². The number of nitrogens with two attached hydrogens (primary N) is 1. The van der Waals surface area contributed by atoms with Crippen LogP contribution >= 0.6 is 11.8 Å². The predicted octanol–water partition coefficient (Wildman–Crippen LogP) is 1.57. The number of thioether (sulfide) groups is 1. The average Bonchev–Trinajstić information content (AvgIpc) is 2.77. The van der Waals surface area contributed by atoms with Crippen molar-refractivity contribution < 1.29 is 4.74 Å². The van der Waals surface area contributed by atoms with Gasteiger partial charge in [-0.25, -0.2) is 0 Å². The van der Waals surface area contributed by atoms with Crippen LogP contribution in [0.15, 0.2) is 0 Å². The Balaban J connectivity index is 2.21. The number of hydrogen-bond donors (Lipinski definition) is 1. The molecule has 0 bridgehead atoms. The Bertz CT molecular complexity index is 174. The van der Waals surface area contributed by atoms with Crippen molar-refractivity contribution in [2.24, 2.45) is 5.73 Å². The van der Waals surface area contributed by atoms with Gasteiger partial charge in [0.15, 0.2) is 0 Å². The van der Waals surface area contributed by atoms with Crippen LogP contribution in [0, 0.1) is 0 Å². The largest absolute Gasteiger partial charge is 0.377 e. The Morgan fingerprint density at radius 2 is 2.38 bits per heavy atom. The van der Waals surface area contributed by atoms with E-state index in [0.29, 0.717) is 12.1 Å². The Kier molecular flexibility index (Phi) is 7.45. The molecule has 3 nitrogen and oxygen atoms in total. The van der Waals surface area contributed by atoms with E-state index in [-0.39, 0.29) is 0 Å². The molecule has 4 heteroatoms. The molecule has 16 heavy (non-hydrogen) atoms. The summed E-state index contributed by atoms with van der Waals surface area (Å²) < 4.78 is 5.66.